The number of hydrogen-bond donors (Lipinski definition) is 1. The maximum atomic E-state index is 12.9. The number of likely N-dealkylation sites (tertiary alicyclic amines) is 1. The Balaban J connectivity index is 1.34. The normalized spacial score (nSPS) is 17.9. The lowest BCUT2D eigenvalue weighted by Gasteiger charge is -2.31. The van der Waals surface area contributed by atoms with Crippen LogP contribution in [0.3, 0.4) is 0 Å². The molecule has 0 radical (unpaired) electrons. The molecule has 1 N–H and O–H groups in total. The molecular formula is C24H27ClN4O4S. The van der Waals surface area contributed by atoms with Crippen LogP contribution in [0.5, 0.6) is 0 Å². The third kappa shape index (κ3) is 5.84. The van der Waals surface area contributed by atoms with Crippen molar-refractivity contribution >= 4 is 27.3 Å². The van der Waals surface area contributed by atoms with E-state index in [9.17, 15) is 13.2 Å². The van der Waals surface area contributed by atoms with Gasteiger partial charge >= 0.3 is 0 Å². The summed E-state index contributed by atoms with van der Waals surface area (Å²) in [7, 11) is -3.25. The first kappa shape index (κ1) is 24.4. The van der Waals surface area contributed by atoms with Gasteiger partial charge in [0.2, 0.25) is 17.6 Å². The smallest absolute Gasteiger partial charge is 0.241 e. The Labute approximate surface area is 204 Å². The zero-order chi connectivity index (χ0) is 24.3. The number of halogens is 1. The number of aromatic nitrogens is 2. The highest BCUT2D eigenvalue weighted by molar-refractivity contribution is 7.90. The molecule has 0 bridgehead atoms. The van der Waals surface area contributed by atoms with E-state index in [1.165, 1.54) is 6.26 Å². The average molecular weight is 503 g/mol. The molecule has 4 rings (SSSR count). The Morgan fingerprint density at radius 2 is 1.97 bits per heavy atom. The molecule has 2 heterocycles. The Hall–Kier alpha value is -2.75. The van der Waals surface area contributed by atoms with Gasteiger partial charge in [0.05, 0.1) is 28.4 Å². The number of nitrogens with one attached hydrogen (secondary N) is 1. The van der Waals surface area contributed by atoms with Gasteiger partial charge in [0, 0.05) is 18.4 Å². The average Bonchev–Trinajstić information content (AvgIpc) is 3.27. The van der Waals surface area contributed by atoms with Crippen molar-refractivity contribution in [1.29, 1.82) is 0 Å². The second kappa shape index (κ2) is 10.2. The molecule has 1 aliphatic heterocycles. The van der Waals surface area contributed by atoms with Gasteiger partial charge in [-0.2, -0.15) is 4.98 Å². The van der Waals surface area contributed by atoms with Crippen molar-refractivity contribution in [2.24, 2.45) is 5.92 Å². The number of benzene rings is 2. The van der Waals surface area contributed by atoms with Crippen molar-refractivity contribution < 1.29 is 17.7 Å². The molecular weight excluding hydrogens is 476 g/mol. The maximum Gasteiger partial charge on any atom is 0.241 e. The van der Waals surface area contributed by atoms with Crippen LogP contribution in [-0.4, -0.2) is 48.7 Å². The number of sulfone groups is 1. The van der Waals surface area contributed by atoms with E-state index in [-0.39, 0.29) is 22.8 Å². The first-order chi connectivity index (χ1) is 16.2. The van der Waals surface area contributed by atoms with Gasteiger partial charge in [-0.05, 0) is 56.1 Å². The largest absolute Gasteiger partial charge is 0.349 e. The van der Waals surface area contributed by atoms with Crippen molar-refractivity contribution in [2.75, 3.05) is 19.3 Å². The summed E-state index contributed by atoms with van der Waals surface area (Å²) in [5, 5.41) is 7.67. The Bertz CT molecular complexity index is 1260. The molecule has 0 aliphatic carbocycles. The van der Waals surface area contributed by atoms with Gasteiger partial charge in [0.15, 0.2) is 9.84 Å². The first-order valence-electron chi connectivity index (χ1n) is 11.1. The molecule has 34 heavy (non-hydrogen) atoms. The molecule has 1 aromatic heterocycles. The highest BCUT2D eigenvalue weighted by atomic mass is 35.5. The quantitative estimate of drug-likeness (QED) is 0.522. The van der Waals surface area contributed by atoms with Gasteiger partial charge in [0.25, 0.3) is 0 Å². The zero-order valence-electron chi connectivity index (χ0n) is 19.1. The van der Waals surface area contributed by atoms with Crippen LogP contribution in [0.15, 0.2) is 57.9 Å². The third-order valence-electron chi connectivity index (χ3n) is 5.99. The monoisotopic (exact) mass is 502 g/mol. The Morgan fingerprint density at radius 3 is 2.68 bits per heavy atom. The second-order valence-electron chi connectivity index (χ2n) is 8.64. The van der Waals surface area contributed by atoms with Gasteiger partial charge in [-0.25, -0.2) is 8.42 Å². The zero-order valence-corrected chi connectivity index (χ0v) is 20.6. The van der Waals surface area contributed by atoms with E-state index in [0.29, 0.717) is 35.4 Å². The van der Waals surface area contributed by atoms with Crippen molar-refractivity contribution in [1.82, 2.24) is 20.4 Å². The first-order valence-corrected chi connectivity index (χ1v) is 13.4. The van der Waals surface area contributed by atoms with Gasteiger partial charge < -0.3 is 9.84 Å². The molecule has 2 atom stereocenters. The molecule has 0 spiro atoms. The summed E-state index contributed by atoms with van der Waals surface area (Å²) in [5.41, 5.74) is 1.57. The van der Waals surface area contributed by atoms with Crippen molar-refractivity contribution in [3.8, 4) is 11.4 Å². The second-order valence-corrected chi connectivity index (χ2v) is 11.1. The lowest BCUT2D eigenvalue weighted by molar-refractivity contribution is -0.127. The van der Waals surface area contributed by atoms with Crippen molar-refractivity contribution in [2.45, 2.75) is 37.2 Å². The van der Waals surface area contributed by atoms with E-state index >= 15 is 0 Å². The Morgan fingerprint density at radius 1 is 1.24 bits per heavy atom. The van der Waals surface area contributed by atoms with Crippen LogP contribution in [0.1, 0.15) is 37.3 Å². The van der Waals surface area contributed by atoms with Crippen LogP contribution in [0, 0.1) is 5.92 Å². The van der Waals surface area contributed by atoms with Gasteiger partial charge in [0.1, 0.15) is 0 Å². The minimum absolute atomic E-state index is 0.0216. The van der Waals surface area contributed by atoms with E-state index in [1.54, 1.807) is 30.3 Å². The van der Waals surface area contributed by atoms with Crippen molar-refractivity contribution in [3.05, 3.63) is 65.0 Å². The van der Waals surface area contributed by atoms with Crippen LogP contribution in [-0.2, 0) is 21.2 Å². The summed E-state index contributed by atoms with van der Waals surface area (Å²) >= 11 is 6.22. The lowest BCUT2D eigenvalue weighted by atomic mass is 9.96. The molecule has 1 aliphatic rings. The summed E-state index contributed by atoms with van der Waals surface area (Å²) in [5.74, 6) is 0.752. The van der Waals surface area contributed by atoms with E-state index in [1.807, 2.05) is 25.1 Å². The fraction of sp³-hybridized carbons (Fsp3) is 0.375. The molecule has 3 aromatic rings. The number of amides is 1. The summed E-state index contributed by atoms with van der Waals surface area (Å²) in [4.78, 5) is 19.8. The Kier molecular flexibility index (Phi) is 7.35. The molecule has 0 saturated carbocycles. The van der Waals surface area contributed by atoms with Gasteiger partial charge in [-0.1, -0.05) is 41.0 Å². The standard InChI is InChI=1S/C24H27ClN4O4S/c1-16(17-9-11-19(12-10-17)34(2,31)32)26-24(30)18-6-5-13-29(14-18)15-22-27-23(28-33-22)20-7-3-4-8-21(20)25/h3-4,7-12,16,18H,5-6,13-15H2,1-2H3,(H,26,30). The molecule has 2 aromatic carbocycles. The molecule has 2 unspecified atom stereocenters. The number of piperidine rings is 1. The molecule has 8 nitrogen and oxygen atoms in total. The highest BCUT2D eigenvalue weighted by Crippen LogP contribution is 2.26. The third-order valence-corrected chi connectivity index (χ3v) is 7.44. The topological polar surface area (TPSA) is 105 Å². The molecule has 1 fully saturated rings. The maximum absolute atomic E-state index is 12.9. The van der Waals surface area contributed by atoms with E-state index in [4.69, 9.17) is 16.1 Å². The number of rotatable bonds is 7. The van der Waals surface area contributed by atoms with Crippen LogP contribution in [0.4, 0.5) is 0 Å². The van der Waals surface area contributed by atoms with Gasteiger partial charge in [-0.3, -0.25) is 9.69 Å². The summed E-state index contributed by atoms with van der Waals surface area (Å²) in [6, 6.07) is 13.7. The predicted molar refractivity (Wildman–Crippen MR) is 129 cm³/mol. The number of carbonyl (C=O) groups excluding carboxylic acids is 1. The summed E-state index contributed by atoms with van der Waals surface area (Å²) in [6.07, 6.45) is 2.87. The summed E-state index contributed by atoms with van der Waals surface area (Å²) < 4.78 is 28.7. The highest BCUT2D eigenvalue weighted by Gasteiger charge is 2.28. The number of carbonyl (C=O) groups is 1. The number of nitrogens with zero attached hydrogens (tertiary/aromatic N) is 3. The van der Waals surface area contributed by atoms with Crippen LogP contribution < -0.4 is 5.32 Å². The van der Waals surface area contributed by atoms with Gasteiger partial charge in [-0.15, -0.1) is 0 Å². The molecule has 1 saturated heterocycles. The molecule has 10 heteroatoms. The lowest BCUT2D eigenvalue weighted by Crippen LogP contribution is -2.43. The van der Waals surface area contributed by atoms with Crippen LogP contribution >= 0.6 is 11.6 Å². The fourth-order valence-electron chi connectivity index (χ4n) is 4.09. The van der Waals surface area contributed by atoms with Crippen LogP contribution in [0.25, 0.3) is 11.4 Å². The molecule has 180 valence electrons. The molecule has 1 amide bonds. The number of hydrogen-bond acceptors (Lipinski definition) is 7. The minimum Gasteiger partial charge on any atom is -0.349 e. The van der Waals surface area contributed by atoms with E-state index in [0.717, 1.165) is 24.9 Å². The predicted octanol–water partition coefficient (Wildman–Crippen LogP) is 3.88. The minimum atomic E-state index is -3.25. The fourth-order valence-corrected chi connectivity index (χ4v) is 4.94. The SMILES string of the molecule is CC(NC(=O)C1CCCN(Cc2nc(-c3ccccc3Cl)no2)C1)c1ccc(S(C)(=O)=O)cc1. The van der Waals surface area contributed by atoms with Crippen molar-refractivity contribution in [3.63, 3.8) is 0 Å². The van der Waals surface area contributed by atoms with E-state index in [2.05, 4.69) is 20.4 Å². The van der Waals surface area contributed by atoms with E-state index < -0.39 is 9.84 Å². The summed E-state index contributed by atoms with van der Waals surface area (Å²) in [6.45, 7) is 3.79. The van der Waals surface area contributed by atoms with Crippen LogP contribution in [0.2, 0.25) is 5.02 Å².